The number of nitrogens with one attached hydrogen (secondary N) is 2. The van der Waals surface area contributed by atoms with E-state index < -0.39 is 12.3 Å². The van der Waals surface area contributed by atoms with Crippen molar-refractivity contribution in [2.24, 2.45) is 0 Å². The highest BCUT2D eigenvalue weighted by Gasteiger charge is 2.28. The molecule has 0 spiro atoms. The third-order valence-corrected chi connectivity index (χ3v) is 6.91. The minimum atomic E-state index is -0.596. The van der Waals surface area contributed by atoms with Gasteiger partial charge in [0, 0.05) is 45.0 Å². The molecular formula is C27H40N6O4. The van der Waals surface area contributed by atoms with E-state index in [1.54, 1.807) is 13.1 Å². The van der Waals surface area contributed by atoms with E-state index in [1.165, 1.54) is 5.56 Å². The number of hydrogen-bond acceptors (Lipinski definition) is 10. The highest BCUT2D eigenvalue weighted by molar-refractivity contribution is 5.60. The molecule has 0 bridgehead atoms. The summed E-state index contributed by atoms with van der Waals surface area (Å²) in [6.07, 6.45) is 4.01. The van der Waals surface area contributed by atoms with Crippen LogP contribution in [0.4, 0.5) is 16.6 Å². The predicted octanol–water partition coefficient (Wildman–Crippen LogP) is 2.65. The number of likely N-dealkylation sites (tertiary alicyclic amines) is 1. The minimum absolute atomic E-state index is 0.124. The number of carbonyl (C=O) groups excluding carboxylic acids is 1. The molecule has 10 nitrogen and oxygen atoms in total. The third kappa shape index (κ3) is 8.55. The van der Waals surface area contributed by atoms with Crippen LogP contribution in [0.25, 0.3) is 0 Å². The van der Waals surface area contributed by atoms with Crippen LogP contribution in [-0.4, -0.2) is 90.3 Å². The van der Waals surface area contributed by atoms with Crippen molar-refractivity contribution in [3.63, 3.8) is 0 Å². The van der Waals surface area contributed by atoms with Crippen LogP contribution >= 0.6 is 0 Å². The summed E-state index contributed by atoms with van der Waals surface area (Å²) in [6, 6.07) is 12.4. The molecule has 1 aromatic carbocycles. The molecule has 0 radical (unpaired) electrons. The molecule has 2 saturated heterocycles. The number of aliphatic hydroxyl groups is 1. The first kappa shape index (κ1) is 27.1. The van der Waals surface area contributed by atoms with Gasteiger partial charge in [0.15, 0.2) is 0 Å². The molecule has 3 heterocycles. The molecule has 37 heavy (non-hydrogen) atoms. The van der Waals surface area contributed by atoms with Crippen molar-refractivity contribution in [1.82, 2.24) is 20.2 Å². The Morgan fingerprint density at radius 1 is 1.19 bits per heavy atom. The number of carbonyl (C=O) groups is 1. The van der Waals surface area contributed by atoms with E-state index in [-0.39, 0.29) is 6.10 Å². The summed E-state index contributed by atoms with van der Waals surface area (Å²) in [5.74, 6) is 1.41. The molecule has 2 aromatic rings. The van der Waals surface area contributed by atoms with E-state index in [1.807, 2.05) is 24.3 Å². The number of anilines is 2. The second kappa shape index (κ2) is 14.1. The molecule has 3 N–H and O–H groups in total. The van der Waals surface area contributed by atoms with Gasteiger partial charge in [-0.05, 0) is 57.3 Å². The summed E-state index contributed by atoms with van der Waals surface area (Å²) < 4.78 is 10.2. The lowest BCUT2D eigenvalue weighted by Crippen LogP contribution is -2.49. The zero-order valence-corrected chi connectivity index (χ0v) is 21.7. The van der Waals surface area contributed by atoms with E-state index in [2.05, 4.69) is 37.6 Å². The van der Waals surface area contributed by atoms with Crippen LogP contribution < -0.4 is 15.5 Å². The van der Waals surface area contributed by atoms with Crippen LogP contribution in [0.15, 0.2) is 42.6 Å². The minimum Gasteiger partial charge on any atom is -0.435 e. The van der Waals surface area contributed by atoms with Gasteiger partial charge < -0.3 is 35.0 Å². The van der Waals surface area contributed by atoms with Gasteiger partial charge in [0.25, 0.3) is 0 Å². The summed E-state index contributed by atoms with van der Waals surface area (Å²) in [5.41, 5.74) is 1.17. The molecule has 10 heteroatoms. The van der Waals surface area contributed by atoms with Crippen LogP contribution in [0.3, 0.4) is 0 Å². The van der Waals surface area contributed by atoms with E-state index in [4.69, 9.17) is 14.5 Å². The molecule has 1 atom stereocenters. The van der Waals surface area contributed by atoms with Gasteiger partial charge in [-0.25, -0.2) is 9.78 Å². The molecule has 1 aromatic heterocycles. The average molecular weight is 513 g/mol. The summed E-state index contributed by atoms with van der Waals surface area (Å²) in [5, 5.41) is 17.9. The van der Waals surface area contributed by atoms with Gasteiger partial charge in [0.1, 0.15) is 11.9 Å². The highest BCUT2D eigenvalue weighted by atomic mass is 16.7. The lowest BCUT2D eigenvalue weighted by Gasteiger charge is -2.38. The highest BCUT2D eigenvalue weighted by Crippen LogP contribution is 2.22. The van der Waals surface area contributed by atoms with Gasteiger partial charge in [-0.1, -0.05) is 30.3 Å². The molecule has 2 fully saturated rings. The maximum atomic E-state index is 11.6. The topological polar surface area (TPSA) is 112 Å². The number of aliphatic hydroxyl groups excluding tert-OH is 1. The van der Waals surface area contributed by atoms with Gasteiger partial charge in [-0.2, -0.15) is 4.98 Å². The Bertz CT molecular complexity index is 951. The van der Waals surface area contributed by atoms with Crippen molar-refractivity contribution >= 4 is 17.9 Å². The second-order valence-electron chi connectivity index (χ2n) is 9.67. The van der Waals surface area contributed by atoms with Crippen molar-refractivity contribution in [3.05, 3.63) is 48.2 Å². The Kier molecular flexibility index (Phi) is 10.3. The first-order valence-corrected chi connectivity index (χ1v) is 13.4. The lowest BCUT2D eigenvalue weighted by molar-refractivity contribution is -0.00393. The Morgan fingerprint density at radius 2 is 1.95 bits per heavy atom. The average Bonchev–Trinajstić information content (AvgIpc) is 2.93. The molecule has 4 rings (SSSR count). The maximum Gasteiger partial charge on any atom is 0.508 e. The smallest absolute Gasteiger partial charge is 0.435 e. The third-order valence-electron chi connectivity index (χ3n) is 6.91. The largest absolute Gasteiger partial charge is 0.508 e. The van der Waals surface area contributed by atoms with Crippen LogP contribution in [-0.2, 0) is 16.0 Å². The van der Waals surface area contributed by atoms with E-state index in [0.29, 0.717) is 38.2 Å². The Hall–Kier alpha value is -2.95. The van der Waals surface area contributed by atoms with E-state index in [9.17, 15) is 9.90 Å². The monoisotopic (exact) mass is 512 g/mol. The molecule has 2 aliphatic rings. The standard InChI is InChI=1S/C27H40N6O4/c1-2-36-27(35)37-24-11-16-32(17-12-24)19-23(34)20-33(22-8-13-28-14-9-22)25-10-15-29-26(31-25)30-18-21-6-4-3-5-7-21/h3-7,10,15,22-24,28,34H,2,8-9,11-14,16-20H2,1H3,(H,29,30,31). The molecule has 202 valence electrons. The molecule has 0 aliphatic carbocycles. The number of benzene rings is 1. The zero-order valence-electron chi connectivity index (χ0n) is 21.7. The first-order valence-electron chi connectivity index (χ1n) is 13.4. The van der Waals surface area contributed by atoms with Crippen LogP contribution in [0.2, 0.25) is 0 Å². The van der Waals surface area contributed by atoms with Crippen molar-refractivity contribution in [1.29, 1.82) is 0 Å². The van der Waals surface area contributed by atoms with Crippen molar-refractivity contribution < 1.29 is 19.4 Å². The Morgan fingerprint density at radius 3 is 2.68 bits per heavy atom. The van der Waals surface area contributed by atoms with Gasteiger partial charge >= 0.3 is 6.16 Å². The number of rotatable bonds is 11. The SMILES string of the molecule is CCOC(=O)OC1CCN(CC(O)CN(c2ccnc(NCc3ccccc3)n2)C2CCNCC2)CC1. The molecule has 2 aliphatic heterocycles. The van der Waals surface area contributed by atoms with Crippen molar-refractivity contribution in [2.45, 2.75) is 57.4 Å². The molecule has 1 unspecified atom stereocenters. The fourth-order valence-electron chi connectivity index (χ4n) is 5.00. The number of nitrogens with zero attached hydrogens (tertiary/aromatic N) is 4. The summed E-state index contributed by atoms with van der Waals surface area (Å²) in [4.78, 5) is 25.3. The van der Waals surface area contributed by atoms with Crippen LogP contribution in [0, 0.1) is 0 Å². The second-order valence-corrected chi connectivity index (χ2v) is 9.67. The summed E-state index contributed by atoms with van der Waals surface area (Å²) >= 11 is 0. The van der Waals surface area contributed by atoms with Gasteiger partial charge in [0.2, 0.25) is 5.95 Å². The fourth-order valence-corrected chi connectivity index (χ4v) is 5.00. The zero-order chi connectivity index (χ0) is 25.9. The first-order chi connectivity index (χ1) is 18.1. The van der Waals surface area contributed by atoms with E-state index in [0.717, 1.165) is 57.7 Å². The van der Waals surface area contributed by atoms with Crippen LogP contribution in [0.5, 0.6) is 0 Å². The van der Waals surface area contributed by atoms with Crippen molar-refractivity contribution in [2.75, 3.05) is 56.1 Å². The normalized spacial score (nSPS) is 18.2. The fraction of sp³-hybridized carbons (Fsp3) is 0.593. The van der Waals surface area contributed by atoms with E-state index >= 15 is 0 Å². The van der Waals surface area contributed by atoms with Gasteiger partial charge in [-0.3, -0.25) is 0 Å². The van der Waals surface area contributed by atoms with Gasteiger partial charge in [0.05, 0.1) is 12.7 Å². The quantitative estimate of drug-likeness (QED) is 0.389. The Balaban J connectivity index is 1.34. The van der Waals surface area contributed by atoms with Crippen LogP contribution in [0.1, 0.15) is 38.2 Å². The van der Waals surface area contributed by atoms with Crippen molar-refractivity contribution in [3.8, 4) is 0 Å². The summed E-state index contributed by atoms with van der Waals surface area (Å²) in [6.45, 7) is 7.25. The molecular weight excluding hydrogens is 472 g/mol. The number of aromatic nitrogens is 2. The number of hydrogen-bond donors (Lipinski definition) is 3. The molecule has 0 saturated carbocycles. The number of piperidine rings is 2. The lowest BCUT2D eigenvalue weighted by atomic mass is 10.0. The predicted molar refractivity (Wildman–Crippen MR) is 143 cm³/mol. The number of β-amino-alcohol motifs (C(OH)–C–C–N with tert-alkyl or cyclic N) is 1. The maximum absolute atomic E-state index is 11.6. The van der Waals surface area contributed by atoms with Gasteiger partial charge in [-0.15, -0.1) is 0 Å². The Labute approximate surface area is 219 Å². The summed E-state index contributed by atoms with van der Waals surface area (Å²) in [7, 11) is 0. The molecule has 0 amide bonds. The number of ether oxygens (including phenoxy) is 2.